The van der Waals surface area contributed by atoms with E-state index in [0.717, 1.165) is 15.1 Å². The molecule has 0 aromatic rings. The van der Waals surface area contributed by atoms with Crippen LogP contribution in [0.2, 0.25) is 0 Å². The monoisotopic (exact) mass is 314 g/mol. The van der Waals surface area contributed by atoms with Gasteiger partial charge in [0.1, 0.15) is 5.88 Å². The van der Waals surface area contributed by atoms with Gasteiger partial charge < -0.3 is 0 Å². The smallest absolute Gasteiger partial charge is 0.296 e. The molecule has 0 bridgehead atoms. The van der Waals surface area contributed by atoms with Crippen LogP contribution in [0.1, 0.15) is 6.92 Å². The molecule has 1 fully saturated rings. The predicted octanol–water partition coefficient (Wildman–Crippen LogP) is 2.61. The Hall–Kier alpha value is -0.0500. The van der Waals surface area contributed by atoms with E-state index in [-0.39, 0.29) is 12.4 Å². The van der Waals surface area contributed by atoms with Crippen LogP contribution >= 0.6 is 46.9 Å². The molecular weight excluding hydrogens is 304 g/mol. The number of hydrogen-bond donors (Lipinski definition) is 0. The first-order chi connectivity index (χ1) is 8.19. The Morgan fingerprint density at radius 1 is 1.47 bits per heavy atom. The van der Waals surface area contributed by atoms with Crippen LogP contribution in [-0.4, -0.2) is 43.9 Å². The molecule has 2 amide bonds. The minimum absolute atomic E-state index is 0.214. The maximum absolute atomic E-state index is 11.5. The molecule has 0 saturated carbocycles. The van der Waals surface area contributed by atoms with Gasteiger partial charge >= 0.3 is 6.09 Å². The van der Waals surface area contributed by atoms with E-state index in [1.54, 1.807) is 18.7 Å². The van der Waals surface area contributed by atoms with E-state index in [9.17, 15) is 9.59 Å². The highest BCUT2D eigenvalue weighted by atomic mass is 35.5. The number of nitrogens with zero attached hydrogens (tertiary/aromatic N) is 2. The Morgan fingerprint density at radius 3 is 2.65 bits per heavy atom. The topological polar surface area (TPSA) is 59.0 Å². The summed E-state index contributed by atoms with van der Waals surface area (Å²) in [6.07, 6.45) is -0.787. The number of amides is 2. The molecule has 0 radical (unpaired) electrons. The quantitative estimate of drug-likeness (QED) is 0.453. The third kappa shape index (κ3) is 4.99. The van der Waals surface area contributed by atoms with Crippen LogP contribution in [0.25, 0.3) is 0 Å². The Balaban J connectivity index is 2.49. The maximum atomic E-state index is 11.5. The third-order valence-corrected chi connectivity index (χ3v) is 5.54. The number of halogens is 1. The first kappa shape index (κ1) is 15.0. The van der Waals surface area contributed by atoms with Crippen molar-refractivity contribution >= 4 is 63.3 Å². The van der Waals surface area contributed by atoms with Crippen molar-refractivity contribution in [2.75, 3.05) is 22.6 Å². The fourth-order valence-electron chi connectivity index (χ4n) is 0.918. The van der Waals surface area contributed by atoms with Crippen LogP contribution in [0.15, 0.2) is 5.16 Å². The third-order valence-electron chi connectivity index (χ3n) is 1.68. The van der Waals surface area contributed by atoms with Gasteiger partial charge in [0.15, 0.2) is 4.38 Å². The van der Waals surface area contributed by atoms with Crippen molar-refractivity contribution in [2.45, 2.75) is 6.92 Å². The van der Waals surface area contributed by atoms with Gasteiger partial charge in [0.2, 0.25) is 5.91 Å². The summed E-state index contributed by atoms with van der Waals surface area (Å²) in [5.41, 5.74) is 0. The summed E-state index contributed by atoms with van der Waals surface area (Å²) in [4.78, 5) is 28.4. The normalized spacial score (nSPS) is 15.3. The molecule has 0 unspecified atom stereocenters. The van der Waals surface area contributed by atoms with Crippen LogP contribution in [0, 0.1) is 0 Å². The van der Waals surface area contributed by atoms with Gasteiger partial charge in [-0.05, 0) is 6.92 Å². The lowest BCUT2D eigenvalue weighted by molar-refractivity contribution is -0.126. The number of rotatable bonds is 3. The number of alkyl halides is 1. The molecule has 1 heterocycles. The summed E-state index contributed by atoms with van der Waals surface area (Å²) in [5.74, 6) is -0.738. The molecule has 1 rings (SSSR count). The van der Waals surface area contributed by atoms with Crippen molar-refractivity contribution in [1.29, 1.82) is 0 Å². The van der Waals surface area contributed by atoms with Gasteiger partial charge in [-0.15, -0.1) is 23.4 Å². The Morgan fingerprint density at radius 2 is 2.12 bits per heavy atom. The van der Waals surface area contributed by atoms with Gasteiger partial charge in [-0.1, -0.05) is 28.7 Å². The summed E-state index contributed by atoms with van der Waals surface area (Å²) in [6, 6.07) is 0. The Kier molecular flexibility index (Phi) is 7.17. The number of carbonyl (C=O) groups is 2. The van der Waals surface area contributed by atoms with Crippen molar-refractivity contribution in [3.63, 3.8) is 0 Å². The molecule has 1 aliphatic rings. The standard InChI is InChI=1S/C8H11ClN2O3S3/c1-2-11(6(12)3-9)8(13)14-10-7-16-4-15-5-17-7/h2-5H2,1H3. The first-order valence-corrected chi connectivity index (χ1v) is 8.33. The molecule has 0 atom stereocenters. The molecule has 0 aliphatic carbocycles. The molecular formula is C8H11ClN2O3S3. The van der Waals surface area contributed by atoms with E-state index >= 15 is 0 Å². The van der Waals surface area contributed by atoms with Crippen LogP contribution in [0.5, 0.6) is 0 Å². The van der Waals surface area contributed by atoms with Crippen LogP contribution in [0.4, 0.5) is 4.79 Å². The van der Waals surface area contributed by atoms with E-state index in [0.29, 0.717) is 4.38 Å². The number of oxime groups is 1. The number of carbonyl (C=O) groups excluding carboxylic acids is 2. The minimum atomic E-state index is -0.787. The van der Waals surface area contributed by atoms with Crippen molar-refractivity contribution in [3.05, 3.63) is 0 Å². The van der Waals surface area contributed by atoms with Crippen LogP contribution < -0.4 is 0 Å². The molecule has 0 spiro atoms. The maximum Gasteiger partial charge on any atom is 0.442 e. The van der Waals surface area contributed by atoms with E-state index in [2.05, 4.69) is 5.16 Å². The largest absolute Gasteiger partial charge is 0.442 e. The van der Waals surface area contributed by atoms with E-state index in [4.69, 9.17) is 16.4 Å². The lowest BCUT2D eigenvalue weighted by atomic mass is 10.5. The number of thioether (sulfide) groups is 3. The molecule has 0 aromatic heterocycles. The number of imide groups is 1. The SMILES string of the molecule is CCN(C(=O)CCl)C(=O)ON=C1SCSCS1. The molecule has 5 nitrogen and oxygen atoms in total. The van der Waals surface area contributed by atoms with Gasteiger partial charge in [-0.3, -0.25) is 9.63 Å². The summed E-state index contributed by atoms with van der Waals surface area (Å²) < 4.78 is 0.700. The lowest BCUT2D eigenvalue weighted by Gasteiger charge is -2.15. The summed E-state index contributed by atoms with van der Waals surface area (Å²) >= 11 is 10.2. The predicted molar refractivity (Wildman–Crippen MR) is 74.5 cm³/mol. The fraction of sp³-hybridized carbons (Fsp3) is 0.625. The summed E-state index contributed by atoms with van der Waals surface area (Å²) in [7, 11) is 0. The molecule has 96 valence electrons. The first-order valence-electron chi connectivity index (χ1n) is 4.67. The Bertz CT molecular complexity index is 319. The molecule has 0 aromatic carbocycles. The zero-order chi connectivity index (χ0) is 12.7. The summed E-state index contributed by atoms with van der Waals surface area (Å²) in [6.45, 7) is 1.88. The molecule has 1 aliphatic heterocycles. The van der Waals surface area contributed by atoms with Crippen LogP contribution in [-0.2, 0) is 9.63 Å². The van der Waals surface area contributed by atoms with Crippen molar-refractivity contribution in [2.24, 2.45) is 5.16 Å². The second-order valence-corrected chi connectivity index (χ2v) is 6.88. The lowest BCUT2D eigenvalue weighted by Crippen LogP contribution is -2.37. The van der Waals surface area contributed by atoms with Gasteiger partial charge in [-0.25, -0.2) is 9.69 Å². The number of hydrogen-bond acceptors (Lipinski definition) is 7. The summed E-state index contributed by atoms with van der Waals surface area (Å²) in [5, 5.41) is 5.49. The molecule has 0 N–H and O–H groups in total. The second-order valence-electron chi connectivity index (χ2n) is 2.71. The van der Waals surface area contributed by atoms with E-state index in [1.807, 2.05) is 0 Å². The van der Waals surface area contributed by atoms with Crippen molar-refractivity contribution < 1.29 is 14.4 Å². The van der Waals surface area contributed by atoms with Crippen molar-refractivity contribution in [1.82, 2.24) is 4.90 Å². The average molecular weight is 315 g/mol. The van der Waals surface area contributed by atoms with E-state index < -0.39 is 12.0 Å². The van der Waals surface area contributed by atoms with Gasteiger partial charge in [-0.2, -0.15) is 0 Å². The highest BCUT2D eigenvalue weighted by Crippen LogP contribution is 2.31. The van der Waals surface area contributed by atoms with Crippen molar-refractivity contribution in [3.8, 4) is 0 Å². The fourth-order valence-corrected chi connectivity index (χ4v) is 4.80. The zero-order valence-electron chi connectivity index (χ0n) is 9.05. The Labute approximate surface area is 117 Å². The second kappa shape index (κ2) is 8.12. The molecule has 17 heavy (non-hydrogen) atoms. The van der Waals surface area contributed by atoms with Gasteiger partial charge in [0, 0.05) is 16.7 Å². The zero-order valence-corrected chi connectivity index (χ0v) is 12.3. The highest BCUT2D eigenvalue weighted by molar-refractivity contribution is 8.48. The van der Waals surface area contributed by atoms with Gasteiger partial charge in [0.25, 0.3) is 0 Å². The average Bonchev–Trinajstić information content (AvgIpc) is 2.38. The van der Waals surface area contributed by atoms with Crippen LogP contribution in [0.3, 0.4) is 0 Å². The molecule has 9 heteroatoms. The van der Waals surface area contributed by atoms with Gasteiger partial charge in [0.05, 0.1) is 0 Å². The molecule has 1 saturated heterocycles. The van der Waals surface area contributed by atoms with E-state index in [1.165, 1.54) is 23.5 Å². The highest BCUT2D eigenvalue weighted by Gasteiger charge is 2.21. The minimum Gasteiger partial charge on any atom is -0.296 e.